The van der Waals surface area contributed by atoms with Crippen molar-refractivity contribution < 1.29 is 0 Å². The molecule has 0 aromatic carbocycles. The lowest BCUT2D eigenvalue weighted by Crippen LogP contribution is -2.09. The lowest BCUT2D eigenvalue weighted by molar-refractivity contribution is 0.610. The number of aryl methyl sites for hydroxylation is 2. The molecule has 3 aromatic heterocycles. The van der Waals surface area contributed by atoms with Gasteiger partial charge in [-0.25, -0.2) is 4.98 Å². The zero-order chi connectivity index (χ0) is 17.4. The molecule has 0 radical (unpaired) electrons. The van der Waals surface area contributed by atoms with Gasteiger partial charge in [0, 0.05) is 34.9 Å². The molecule has 130 valence electrons. The van der Waals surface area contributed by atoms with Crippen molar-refractivity contribution in [2.24, 2.45) is 0 Å². The molecule has 0 atom stereocenters. The van der Waals surface area contributed by atoms with Crippen LogP contribution in [0.3, 0.4) is 0 Å². The van der Waals surface area contributed by atoms with Crippen molar-refractivity contribution in [3.63, 3.8) is 0 Å². The van der Waals surface area contributed by atoms with E-state index >= 15 is 0 Å². The van der Waals surface area contributed by atoms with Gasteiger partial charge in [-0.1, -0.05) is 18.9 Å². The van der Waals surface area contributed by atoms with E-state index in [9.17, 15) is 0 Å². The van der Waals surface area contributed by atoms with Crippen LogP contribution in [-0.4, -0.2) is 14.5 Å². The van der Waals surface area contributed by atoms with Crippen LogP contribution < -0.4 is 5.73 Å². The van der Waals surface area contributed by atoms with Crippen molar-refractivity contribution in [1.29, 1.82) is 0 Å². The highest BCUT2D eigenvalue weighted by atomic mass is 15.1. The molecular formula is C21H26N4. The maximum atomic E-state index is 6.67. The summed E-state index contributed by atoms with van der Waals surface area (Å²) in [7, 11) is 0. The smallest absolute Gasteiger partial charge is 0.143 e. The first-order valence-corrected chi connectivity index (χ1v) is 9.32. The van der Waals surface area contributed by atoms with E-state index in [-0.39, 0.29) is 0 Å². The first kappa shape index (κ1) is 16.1. The van der Waals surface area contributed by atoms with E-state index < -0.39 is 0 Å². The normalized spacial score (nSPS) is 15.0. The fourth-order valence-corrected chi connectivity index (χ4v) is 4.09. The summed E-state index contributed by atoms with van der Waals surface area (Å²) in [6.45, 7) is 5.13. The molecule has 1 aliphatic carbocycles. The van der Waals surface area contributed by atoms with Crippen LogP contribution in [-0.2, 0) is 19.4 Å². The van der Waals surface area contributed by atoms with E-state index in [0.29, 0.717) is 0 Å². The topological polar surface area (TPSA) is 56.7 Å². The highest BCUT2D eigenvalue weighted by Crippen LogP contribution is 2.35. The number of hydrogen-bond acceptors (Lipinski definition) is 3. The molecule has 0 fully saturated rings. The van der Waals surface area contributed by atoms with Gasteiger partial charge in [0.25, 0.3) is 0 Å². The predicted molar refractivity (Wildman–Crippen MR) is 103 cm³/mol. The summed E-state index contributed by atoms with van der Waals surface area (Å²) in [6, 6.07) is 4.10. The van der Waals surface area contributed by atoms with Crippen molar-refractivity contribution in [3.8, 4) is 0 Å². The third-order valence-corrected chi connectivity index (χ3v) is 5.64. The quantitative estimate of drug-likeness (QED) is 0.758. The molecular weight excluding hydrogens is 308 g/mol. The molecule has 1 aliphatic rings. The van der Waals surface area contributed by atoms with Gasteiger partial charge < -0.3 is 10.3 Å². The van der Waals surface area contributed by atoms with Gasteiger partial charge in [0.05, 0.1) is 6.54 Å². The fraction of sp³-hybridized carbons (Fsp3) is 0.429. The van der Waals surface area contributed by atoms with Crippen molar-refractivity contribution in [3.05, 3.63) is 52.6 Å². The molecule has 0 bridgehead atoms. The Labute approximate surface area is 149 Å². The lowest BCUT2D eigenvalue weighted by atomic mass is 9.94. The minimum absolute atomic E-state index is 0.787. The zero-order valence-corrected chi connectivity index (χ0v) is 15.2. The number of rotatable bonds is 2. The van der Waals surface area contributed by atoms with E-state index in [1.54, 1.807) is 0 Å². The van der Waals surface area contributed by atoms with E-state index in [1.165, 1.54) is 53.8 Å². The van der Waals surface area contributed by atoms with Crippen LogP contribution in [0.1, 0.15) is 53.8 Å². The largest absolute Gasteiger partial charge is 0.398 e. The Kier molecular flexibility index (Phi) is 4.20. The minimum Gasteiger partial charge on any atom is -0.398 e. The summed E-state index contributed by atoms with van der Waals surface area (Å²) < 4.78 is 2.30. The van der Waals surface area contributed by atoms with Gasteiger partial charge in [0.2, 0.25) is 0 Å². The molecule has 0 unspecified atom stereocenters. The molecule has 4 heteroatoms. The number of hydrogen-bond donors (Lipinski definition) is 1. The Morgan fingerprint density at radius 2 is 1.92 bits per heavy atom. The zero-order valence-electron chi connectivity index (χ0n) is 15.2. The average molecular weight is 334 g/mol. The molecule has 0 saturated heterocycles. The molecule has 2 N–H and O–H groups in total. The summed E-state index contributed by atoms with van der Waals surface area (Å²) in [5.74, 6) is 0. The third kappa shape index (κ3) is 2.80. The molecule has 25 heavy (non-hydrogen) atoms. The highest BCUT2D eigenvalue weighted by molar-refractivity contribution is 5.95. The van der Waals surface area contributed by atoms with Crippen molar-refractivity contribution in [2.75, 3.05) is 5.73 Å². The molecule has 0 aliphatic heterocycles. The summed E-state index contributed by atoms with van der Waals surface area (Å²) in [6.07, 6.45) is 10.9. The van der Waals surface area contributed by atoms with Crippen LogP contribution in [0.4, 0.5) is 5.69 Å². The Hall–Kier alpha value is -2.36. The van der Waals surface area contributed by atoms with Gasteiger partial charge in [-0.2, -0.15) is 0 Å². The summed E-state index contributed by atoms with van der Waals surface area (Å²) >= 11 is 0. The Morgan fingerprint density at radius 1 is 1.12 bits per heavy atom. The van der Waals surface area contributed by atoms with Gasteiger partial charge in [0.15, 0.2) is 0 Å². The van der Waals surface area contributed by atoms with Crippen molar-refractivity contribution in [1.82, 2.24) is 14.5 Å². The monoisotopic (exact) mass is 334 g/mol. The number of nitrogen functional groups attached to an aromatic ring is 1. The van der Waals surface area contributed by atoms with E-state index in [0.717, 1.165) is 36.1 Å². The van der Waals surface area contributed by atoms with E-state index in [1.807, 2.05) is 18.5 Å². The Balaban J connectivity index is 1.90. The molecule has 0 spiro atoms. The van der Waals surface area contributed by atoms with E-state index in [2.05, 4.69) is 29.5 Å². The van der Waals surface area contributed by atoms with Crippen LogP contribution >= 0.6 is 0 Å². The first-order chi connectivity index (χ1) is 12.2. The molecule has 0 saturated carbocycles. The SMILES string of the molecule is Cc1c(C)n(Cc2cccnc2)c2nc3c(c(N)c12)CCCCCC3. The molecule has 4 nitrogen and oxygen atoms in total. The van der Waals surface area contributed by atoms with Crippen molar-refractivity contribution >= 4 is 16.7 Å². The number of nitrogens with zero attached hydrogens (tertiary/aromatic N) is 3. The maximum Gasteiger partial charge on any atom is 0.143 e. The van der Waals surface area contributed by atoms with Gasteiger partial charge in [-0.3, -0.25) is 4.98 Å². The molecule has 4 rings (SSSR count). The Morgan fingerprint density at radius 3 is 2.68 bits per heavy atom. The lowest BCUT2D eigenvalue weighted by Gasteiger charge is -2.17. The summed E-state index contributed by atoms with van der Waals surface area (Å²) in [5.41, 5.74) is 14.9. The number of anilines is 1. The number of fused-ring (bicyclic) bond motifs is 2. The standard InChI is InChI=1S/C21H26N4/c1-14-15(2)25(13-16-8-7-11-23-12-16)21-19(14)20(22)17-9-5-3-4-6-10-18(17)24-21/h7-8,11-12H,3-6,9-10,13H2,1-2H3,(H2,22,24). The first-order valence-electron chi connectivity index (χ1n) is 9.32. The van der Waals surface area contributed by atoms with E-state index in [4.69, 9.17) is 10.7 Å². The van der Waals surface area contributed by atoms with Crippen LogP contribution in [0.15, 0.2) is 24.5 Å². The Bertz CT molecular complexity index is 909. The second-order valence-electron chi connectivity index (χ2n) is 7.22. The number of nitrogens with two attached hydrogens (primary N) is 1. The third-order valence-electron chi connectivity index (χ3n) is 5.64. The molecule has 0 amide bonds. The summed E-state index contributed by atoms with van der Waals surface area (Å²) in [4.78, 5) is 9.37. The van der Waals surface area contributed by atoms with Crippen LogP contribution in [0.2, 0.25) is 0 Å². The highest BCUT2D eigenvalue weighted by Gasteiger charge is 2.21. The summed E-state index contributed by atoms with van der Waals surface area (Å²) in [5, 5.41) is 1.15. The van der Waals surface area contributed by atoms with Crippen LogP contribution in [0.5, 0.6) is 0 Å². The second kappa shape index (κ2) is 6.51. The second-order valence-corrected chi connectivity index (χ2v) is 7.22. The van der Waals surface area contributed by atoms with Gasteiger partial charge in [-0.15, -0.1) is 0 Å². The van der Waals surface area contributed by atoms with Gasteiger partial charge in [0.1, 0.15) is 5.65 Å². The maximum absolute atomic E-state index is 6.67. The number of aromatic nitrogens is 3. The minimum atomic E-state index is 0.787. The van der Waals surface area contributed by atoms with Crippen LogP contribution in [0, 0.1) is 13.8 Å². The van der Waals surface area contributed by atoms with Crippen LogP contribution in [0.25, 0.3) is 11.0 Å². The predicted octanol–water partition coefficient (Wildman–Crippen LogP) is 4.34. The average Bonchev–Trinajstić information content (AvgIpc) is 2.82. The molecule has 3 aromatic rings. The molecule has 3 heterocycles. The van der Waals surface area contributed by atoms with Gasteiger partial charge in [-0.05, 0) is 62.3 Å². The number of pyridine rings is 2. The van der Waals surface area contributed by atoms with Gasteiger partial charge >= 0.3 is 0 Å². The van der Waals surface area contributed by atoms with Crippen molar-refractivity contribution in [2.45, 2.75) is 58.9 Å². The fourth-order valence-electron chi connectivity index (χ4n) is 4.09.